The quantitative estimate of drug-likeness (QED) is 0.216. The van der Waals surface area contributed by atoms with Gasteiger partial charge < -0.3 is 20.8 Å². The average molecular weight is 471 g/mol. The van der Waals surface area contributed by atoms with Crippen molar-refractivity contribution in [3.63, 3.8) is 0 Å². The fourth-order valence-electron chi connectivity index (χ4n) is 3.25. The van der Waals surface area contributed by atoms with Crippen molar-refractivity contribution in [1.82, 2.24) is 10.3 Å². The van der Waals surface area contributed by atoms with Crippen molar-refractivity contribution in [3.05, 3.63) is 35.5 Å². The van der Waals surface area contributed by atoms with Crippen LogP contribution in [0.4, 0.5) is 0 Å². The number of ether oxygens (including phenoxy) is 1. The van der Waals surface area contributed by atoms with E-state index in [9.17, 15) is 14.4 Å². The second kappa shape index (κ2) is 11.3. The van der Waals surface area contributed by atoms with Crippen molar-refractivity contribution in [2.75, 3.05) is 6.54 Å². The van der Waals surface area contributed by atoms with E-state index in [0.717, 1.165) is 31.2 Å². The van der Waals surface area contributed by atoms with E-state index < -0.39 is 11.0 Å². The molecule has 1 aromatic carbocycles. The Kier molecular flexibility index (Phi) is 9.01. The van der Waals surface area contributed by atoms with Crippen LogP contribution in [-0.4, -0.2) is 40.7 Å². The SMILES string of the molecule is CC(C)(C)OC(=O)CCCCCCNC(=O)c1c[nH]c2ccc(C(N)=NC(=O)C(C)(C)C)cc12. The molecular weight excluding hydrogens is 432 g/mol. The number of hydrogen-bond acceptors (Lipinski definition) is 4. The van der Waals surface area contributed by atoms with Crippen LogP contribution in [0.2, 0.25) is 0 Å². The number of esters is 1. The number of nitrogens with one attached hydrogen (secondary N) is 2. The zero-order valence-electron chi connectivity index (χ0n) is 21.2. The molecule has 0 aliphatic rings. The highest BCUT2D eigenvalue weighted by molar-refractivity contribution is 6.11. The van der Waals surface area contributed by atoms with Crippen molar-refractivity contribution in [3.8, 4) is 0 Å². The number of hydrogen-bond donors (Lipinski definition) is 3. The van der Waals surface area contributed by atoms with Crippen molar-refractivity contribution in [1.29, 1.82) is 0 Å². The number of carbonyl (C=O) groups is 3. The minimum Gasteiger partial charge on any atom is -0.460 e. The molecule has 1 aromatic heterocycles. The number of aromatic nitrogens is 1. The maximum atomic E-state index is 12.7. The summed E-state index contributed by atoms with van der Waals surface area (Å²) in [6, 6.07) is 5.36. The Morgan fingerprint density at radius 2 is 1.71 bits per heavy atom. The summed E-state index contributed by atoms with van der Waals surface area (Å²) in [5, 5.41) is 3.66. The predicted octanol–water partition coefficient (Wildman–Crippen LogP) is 4.47. The van der Waals surface area contributed by atoms with Gasteiger partial charge in [0.15, 0.2) is 0 Å². The second-order valence-corrected chi connectivity index (χ2v) is 10.5. The van der Waals surface area contributed by atoms with Gasteiger partial charge in [-0.05, 0) is 51.8 Å². The molecule has 8 nitrogen and oxygen atoms in total. The average Bonchev–Trinajstić information content (AvgIpc) is 3.14. The molecule has 0 bridgehead atoms. The molecule has 0 radical (unpaired) electrons. The van der Waals surface area contributed by atoms with Crippen molar-refractivity contribution in [2.24, 2.45) is 16.1 Å². The van der Waals surface area contributed by atoms with Gasteiger partial charge >= 0.3 is 5.97 Å². The van der Waals surface area contributed by atoms with Crippen LogP contribution in [0, 0.1) is 5.41 Å². The topological polar surface area (TPSA) is 127 Å². The summed E-state index contributed by atoms with van der Waals surface area (Å²) in [5.41, 5.74) is 6.88. The number of fused-ring (bicyclic) bond motifs is 1. The van der Waals surface area contributed by atoms with Gasteiger partial charge in [-0.1, -0.05) is 33.6 Å². The molecule has 0 saturated heterocycles. The van der Waals surface area contributed by atoms with E-state index in [0.29, 0.717) is 29.5 Å². The van der Waals surface area contributed by atoms with E-state index in [1.165, 1.54) is 0 Å². The molecule has 0 aliphatic carbocycles. The van der Waals surface area contributed by atoms with E-state index in [4.69, 9.17) is 10.5 Å². The summed E-state index contributed by atoms with van der Waals surface area (Å²) in [7, 11) is 0. The molecule has 0 aliphatic heterocycles. The number of H-pyrrole nitrogens is 1. The van der Waals surface area contributed by atoms with E-state index in [2.05, 4.69) is 15.3 Å². The zero-order chi connectivity index (χ0) is 25.5. The molecule has 2 rings (SSSR count). The Bertz CT molecular complexity index is 1050. The molecule has 1 heterocycles. The molecule has 8 heteroatoms. The minimum atomic E-state index is -0.621. The lowest BCUT2D eigenvalue weighted by Crippen LogP contribution is -2.24. The maximum absolute atomic E-state index is 12.7. The predicted molar refractivity (Wildman–Crippen MR) is 135 cm³/mol. The van der Waals surface area contributed by atoms with Gasteiger partial charge in [-0.3, -0.25) is 14.4 Å². The largest absolute Gasteiger partial charge is 0.460 e. The Balaban J connectivity index is 1.88. The number of aliphatic imine (C=N–C) groups is 1. The van der Waals surface area contributed by atoms with Gasteiger partial charge in [0, 0.05) is 41.0 Å². The van der Waals surface area contributed by atoms with E-state index >= 15 is 0 Å². The Morgan fingerprint density at radius 3 is 2.35 bits per heavy atom. The second-order valence-electron chi connectivity index (χ2n) is 10.5. The van der Waals surface area contributed by atoms with Crippen LogP contribution in [0.3, 0.4) is 0 Å². The van der Waals surface area contributed by atoms with Crippen LogP contribution in [0.5, 0.6) is 0 Å². The minimum absolute atomic E-state index is 0.126. The smallest absolute Gasteiger partial charge is 0.306 e. The van der Waals surface area contributed by atoms with E-state index in [1.807, 2.05) is 26.8 Å². The first-order chi connectivity index (χ1) is 15.8. The number of amidine groups is 1. The molecule has 0 atom stereocenters. The molecule has 2 amide bonds. The lowest BCUT2D eigenvalue weighted by molar-refractivity contribution is -0.154. The Morgan fingerprint density at radius 1 is 1.03 bits per heavy atom. The number of unbranched alkanes of at least 4 members (excludes halogenated alkanes) is 3. The highest BCUT2D eigenvalue weighted by atomic mass is 16.6. The van der Waals surface area contributed by atoms with Gasteiger partial charge in [-0.2, -0.15) is 4.99 Å². The standard InChI is InChI=1S/C26H38N4O4/c1-25(2,3)24(33)30-22(27)17-12-13-20-18(15-17)19(16-29-20)23(32)28-14-10-8-7-9-11-21(31)34-26(4,5)6/h12-13,15-16,29H,7-11,14H2,1-6H3,(H,28,32)(H2,27,30,33). The normalized spacial score (nSPS) is 12.6. The summed E-state index contributed by atoms with van der Waals surface area (Å²) >= 11 is 0. The molecule has 0 spiro atoms. The van der Waals surface area contributed by atoms with E-state index in [1.54, 1.807) is 39.1 Å². The monoisotopic (exact) mass is 470 g/mol. The van der Waals surface area contributed by atoms with E-state index in [-0.39, 0.29) is 23.6 Å². The van der Waals surface area contributed by atoms with Crippen molar-refractivity contribution >= 4 is 34.5 Å². The molecule has 0 fully saturated rings. The number of nitrogens with zero attached hydrogens (tertiary/aromatic N) is 1. The first-order valence-electron chi connectivity index (χ1n) is 11.8. The number of nitrogens with two attached hydrogens (primary N) is 1. The third-order valence-corrected chi connectivity index (χ3v) is 5.10. The summed E-state index contributed by atoms with van der Waals surface area (Å²) < 4.78 is 5.30. The van der Waals surface area contributed by atoms with Gasteiger partial charge in [0.25, 0.3) is 11.8 Å². The molecule has 0 unspecified atom stereocenters. The summed E-state index contributed by atoms with van der Waals surface area (Å²) in [6.45, 7) is 11.5. The number of rotatable bonds is 9. The van der Waals surface area contributed by atoms with Crippen LogP contribution in [0.1, 0.15) is 89.6 Å². The molecular formula is C26H38N4O4. The molecule has 34 heavy (non-hydrogen) atoms. The third-order valence-electron chi connectivity index (χ3n) is 5.10. The van der Waals surface area contributed by atoms with Crippen molar-refractivity contribution in [2.45, 2.75) is 79.2 Å². The maximum Gasteiger partial charge on any atom is 0.306 e. The fraction of sp³-hybridized carbons (Fsp3) is 0.538. The molecule has 4 N–H and O–H groups in total. The summed E-state index contributed by atoms with van der Waals surface area (Å²) in [5.74, 6) is -0.532. The number of carbonyl (C=O) groups excluding carboxylic acids is 3. The number of aromatic amines is 1. The van der Waals surface area contributed by atoms with Gasteiger partial charge in [0.05, 0.1) is 5.56 Å². The number of amides is 2. The van der Waals surface area contributed by atoms with Gasteiger partial charge in [-0.15, -0.1) is 0 Å². The lowest BCUT2D eigenvalue weighted by Gasteiger charge is -2.19. The summed E-state index contributed by atoms with van der Waals surface area (Å²) in [4.78, 5) is 43.7. The fourth-order valence-corrected chi connectivity index (χ4v) is 3.25. The highest BCUT2D eigenvalue weighted by Crippen LogP contribution is 2.21. The Labute approximate surface area is 201 Å². The van der Waals surface area contributed by atoms with Crippen LogP contribution in [0.25, 0.3) is 10.9 Å². The number of benzene rings is 1. The third kappa shape index (κ3) is 8.32. The zero-order valence-corrected chi connectivity index (χ0v) is 21.2. The van der Waals surface area contributed by atoms with Crippen LogP contribution >= 0.6 is 0 Å². The summed E-state index contributed by atoms with van der Waals surface area (Å²) in [6.07, 6.45) is 5.48. The Hall–Kier alpha value is -3.16. The van der Waals surface area contributed by atoms with Crippen LogP contribution in [0.15, 0.2) is 29.4 Å². The molecule has 186 valence electrons. The van der Waals surface area contributed by atoms with Crippen LogP contribution < -0.4 is 11.1 Å². The lowest BCUT2D eigenvalue weighted by atomic mass is 9.96. The van der Waals surface area contributed by atoms with Gasteiger partial charge in [0.2, 0.25) is 0 Å². The molecule has 2 aromatic rings. The van der Waals surface area contributed by atoms with Crippen LogP contribution in [-0.2, 0) is 14.3 Å². The first-order valence-corrected chi connectivity index (χ1v) is 11.8. The van der Waals surface area contributed by atoms with Crippen molar-refractivity contribution < 1.29 is 19.1 Å². The van der Waals surface area contributed by atoms with Gasteiger partial charge in [0.1, 0.15) is 11.4 Å². The highest BCUT2D eigenvalue weighted by Gasteiger charge is 2.21. The molecule has 0 saturated carbocycles. The first kappa shape index (κ1) is 27.1. The van der Waals surface area contributed by atoms with Gasteiger partial charge in [-0.25, -0.2) is 0 Å².